The van der Waals surface area contributed by atoms with Gasteiger partial charge in [-0.1, -0.05) is 41.9 Å². The van der Waals surface area contributed by atoms with Crippen molar-refractivity contribution in [2.24, 2.45) is 0 Å². The predicted octanol–water partition coefficient (Wildman–Crippen LogP) is 4.61. The number of hydrogen-bond acceptors (Lipinski definition) is 4. The highest BCUT2D eigenvalue weighted by Gasteiger charge is 2.21. The summed E-state index contributed by atoms with van der Waals surface area (Å²) in [5.74, 6) is -1.72. The van der Waals surface area contributed by atoms with E-state index in [1.807, 2.05) is 48.7 Å². The number of nitriles is 1. The minimum atomic E-state index is -0.854. The number of benzene rings is 2. The number of rotatable bonds is 6. The van der Waals surface area contributed by atoms with Crippen molar-refractivity contribution in [3.05, 3.63) is 87.3 Å². The number of amides is 1. The van der Waals surface area contributed by atoms with Crippen LogP contribution in [0.3, 0.4) is 0 Å². The monoisotopic (exact) mass is 439 g/mol. The molecule has 0 saturated carbocycles. The molecule has 1 amide bonds. The molecule has 0 aliphatic carbocycles. The highest BCUT2D eigenvalue weighted by molar-refractivity contribution is 6.33. The lowest BCUT2D eigenvalue weighted by molar-refractivity contribution is -0.119. The summed E-state index contributed by atoms with van der Waals surface area (Å²) in [6, 6.07) is 15.0. The van der Waals surface area contributed by atoms with E-state index in [0.29, 0.717) is 17.9 Å². The lowest BCUT2D eigenvalue weighted by Gasteiger charge is -2.13. The van der Waals surface area contributed by atoms with Gasteiger partial charge in [-0.25, -0.2) is 9.18 Å². The van der Waals surface area contributed by atoms with Gasteiger partial charge in [-0.3, -0.25) is 4.79 Å². The van der Waals surface area contributed by atoms with Crippen LogP contribution in [0.5, 0.6) is 0 Å². The molecule has 1 heterocycles. The molecule has 0 bridgehead atoms. The van der Waals surface area contributed by atoms with Crippen LogP contribution in [0.2, 0.25) is 5.02 Å². The molecular weight excluding hydrogens is 421 g/mol. The lowest BCUT2D eigenvalue weighted by atomic mass is 10.2. The normalized spacial score (nSPS) is 10.4. The summed E-state index contributed by atoms with van der Waals surface area (Å²) in [4.78, 5) is 24.6. The number of ether oxygens (including phenoxy) is 1. The number of nitrogens with one attached hydrogen (secondary N) is 1. The summed E-state index contributed by atoms with van der Waals surface area (Å²) in [6.07, 6.45) is 0. The van der Waals surface area contributed by atoms with E-state index in [0.717, 1.165) is 29.0 Å². The Morgan fingerprint density at radius 1 is 1.19 bits per heavy atom. The van der Waals surface area contributed by atoms with Gasteiger partial charge in [0.1, 0.15) is 17.7 Å². The van der Waals surface area contributed by atoms with Crippen LogP contribution in [0.25, 0.3) is 0 Å². The highest BCUT2D eigenvalue weighted by atomic mass is 35.5. The minimum Gasteiger partial charge on any atom is -0.452 e. The maximum absolute atomic E-state index is 13.1. The number of aromatic nitrogens is 1. The largest absolute Gasteiger partial charge is 0.452 e. The van der Waals surface area contributed by atoms with E-state index in [1.54, 1.807) is 0 Å². The fourth-order valence-corrected chi connectivity index (χ4v) is 3.37. The van der Waals surface area contributed by atoms with E-state index < -0.39 is 24.3 Å². The molecule has 0 aliphatic rings. The van der Waals surface area contributed by atoms with Gasteiger partial charge in [-0.2, -0.15) is 5.26 Å². The first-order valence-electron chi connectivity index (χ1n) is 9.37. The summed E-state index contributed by atoms with van der Waals surface area (Å²) in [6.45, 7) is 3.54. The van der Waals surface area contributed by atoms with Crippen LogP contribution < -0.4 is 5.32 Å². The van der Waals surface area contributed by atoms with Crippen LogP contribution in [0.4, 0.5) is 10.2 Å². The molecule has 0 radical (unpaired) electrons. The van der Waals surface area contributed by atoms with Crippen molar-refractivity contribution in [1.82, 2.24) is 4.57 Å². The van der Waals surface area contributed by atoms with Crippen molar-refractivity contribution in [2.45, 2.75) is 20.4 Å². The molecule has 8 heteroatoms. The van der Waals surface area contributed by atoms with Gasteiger partial charge in [0.15, 0.2) is 6.61 Å². The van der Waals surface area contributed by atoms with Crippen LogP contribution >= 0.6 is 11.6 Å². The average Bonchev–Trinajstić information content (AvgIpc) is 2.96. The summed E-state index contributed by atoms with van der Waals surface area (Å²) >= 11 is 5.85. The van der Waals surface area contributed by atoms with Gasteiger partial charge >= 0.3 is 5.97 Å². The highest BCUT2D eigenvalue weighted by Crippen LogP contribution is 2.27. The molecular formula is C23H19ClFN3O3. The van der Waals surface area contributed by atoms with Crippen LogP contribution in [0.15, 0.2) is 48.5 Å². The second-order valence-corrected chi connectivity index (χ2v) is 7.27. The van der Waals surface area contributed by atoms with Crippen LogP contribution in [0.1, 0.15) is 32.7 Å². The van der Waals surface area contributed by atoms with Gasteiger partial charge < -0.3 is 14.6 Å². The predicted molar refractivity (Wildman–Crippen MR) is 114 cm³/mol. The lowest BCUT2D eigenvalue weighted by Crippen LogP contribution is -2.23. The molecule has 0 fully saturated rings. The molecule has 158 valence electrons. The first kappa shape index (κ1) is 22.1. The molecule has 0 atom stereocenters. The number of carbonyl (C=O) groups is 2. The van der Waals surface area contributed by atoms with Crippen molar-refractivity contribution in [1.29, 1.82) is 5.26 Å². The Morgan fingerprint density at radius 3 is 2.55 bits per heavy atom. The van der Waals surface area contributed by atoms with E-state index in [2.05, 4.69) is 11.4 Å². The van der Waals surface area contributed by atoms with Crippen LogP contribution in [0, 0.1) is 31.0 Å². The topological polar surface area (TPSA) is 84.1 Å². The zero-order chi connectivity index (χ0) is 22.5. The van der Waals surface area contributed by atoms with Crippen molar-refractivity contribution < 1.29 is 18.7 Å². The standard InChI is InChI=1S/C23H19ClFN3O3/c1-14-15(2)28(12-16-6-4-3-5-7-16)22(19(14)11-26)27-21(29)13-31-23(30)18-9-8-17(25)10-20(18)24/h3-10H,12-13H2,1-2H3,(H,27,29). The van der Waals surface area contributed by atoms with Crippen molar-refractivity contribution in [3.8, 4) is 6.07 Å². The molecule has 0 spiro atoms. The molecule has 0 aliphatic heterocycles. The van der Waals surface area contributed by atoms with E-state index in [4.69, 9.17) is 16.3 Å². The third-order valence-corrected chi connectivity index (χ3v) is 5.18. The summed E-state index contributed by atoms with van der Waals surface area (Å²) in [7, 11) is 0. The molecule has 0 saturated heterocycles. The second kappa shape index (κ2) is 9.45. The molecule has 6 nitrogen and oxygen atoms in total. The number of anilines is 1. The third kappa shape index (κ3) is 4.93. The smallest absolute Gasteiger partial charge is 0.340 e. The Labute approximate surface area is 183 Å². The quantitative estimate of drug-likeness (QED) is 0.568. The van der Waals surface area contributed by atoms with Gasteiger partial charge in [0, 0.05) is 12.2 Å². The zero-order valence-corrected chi connectivity index (χ0v) is 17.7. The van der Waals surface area contributed by atoms with Gasteiger partial charge in [0.25, 0.3) is 5.91 Å². The first-order valence-corrected chi connectivity index (χ1v) is 9.75. The first-order chi connectivity index (χ1) is 14.8. The van der Waals surface area contributed by atoms with E-state index in [1.165, 1.54) is 6.07 Å². The fraction of sp³-hybridized carbons (Fsp3) is 0.174. The molecule has 1 N–H and O–H groups in total. The summed E-state index contributed by atoms with van der Waals surface area (Å²) in [5.41, 5.74) is 2.88. The third-order valence-electron chi connectivity index (χ3n) is 4.87. The number of nitrogens with zero attached hydrogens (tertiary/aromatic N) is 2. The van der Waals surface area contributed by atoms with Crippen molar-refractivity contribution in [2.75, 3.05) is 11.9 Å². The second-order valence-electron chi connectivity index (χ2n) is 6.87. The zero-order valence-electron chi connectivity index (χ0n) is 16.9. The summed E-state index contributed by atoms with van der Waals surface area (Å²) < 4.78 is 20.0. The fourth-order valence-electron chi connectivity index (χ4n) is 3.13. The van der Waals surface area contributed by atoms with Gasteiger partial charge in [0.2, 0.25) is 0 Å². The number of esters is 1. The Kier molecular flexibility index (Phi) is 6.73. The molecule has 3 rings (SSSR count). The van der Waals surface area contributed by atoms with Crippen LogP contribution in [-0.4, -0.2) is 23.1 Å². The van der Waals surface area contributed by atoms with E-state index >= 15 is 0 Å². The maximum Gasteiger partial charge on any atom is 0.340 e. The minimum absolute atomic E-state index is 0.0484. The van der Waals surface area contributed by atoms with Crippen LogP contribution in [-0.2, 0) is 16.1 Å². The number of halogens is 2. The average molecular weight is 440 g/mol. The maximum atomic E-state index is 13.1. The molecule has 31 heavy (non-hydrogen) atoms. The molecule has 1 aromatic heterocycles. The van der Waals surface area contributed by atoms with Gasteiger partial charge in [-0.05, 0) is 43.2 Å². The Morgan fingerprint density at radius 2 is 1.90 bits per heavy atom. The Bertz CT molecular complexity index is 1180. The van der Waals surface area contributed by atoms with Crippen molar-refractivity contribution in [3.63, 3.8) is 0 Å². The van der Waals surface area contributed by atoms with E-state index in [-0.39, 0.29) is 10.6 Å². The van der Waals surface area contributed by atoms with Crippen molar-refractivity contribution >= 4 is 29.3 Å². The number of carbonyl (C=O) groups excluding carboxylic acids is 2. The molecule has 3 aromatic rings. The SMILES string of the molecule is Cc1c(C#N)c(NC(=O)COC(=O)c2ccc(F)cc2Cl)n(Cc2ccccc2)c1C. The van der Waals surface area contributed by atoms with Gasteiger partial charge in [0.05, 0.1) is 16.1 Å². The Hall–Kier alpha value is -3.63. The van der Waals surface area contributed by atoms with Gasteiger partial charge in [-0.15, -0.1) is 0 Å². The van der Waals surface area contributed by atoms with E-state index in [9.17, 15) is 19.2 Å². The molecule has 2 aromatic carbocycles. The Balaban J connectivity index is 1.76. The number of hydrogen-bond donors (Lipinski definition) is 1. The molecule has 0 unspecified atom stereocenters. The summed E-state index contributed by atoms with van der Waals surface area (Å²) in [5, 5.41) is 12.2.